The summed E-state index contributed by atoms with van der Waals surface area (Å²) in [6, 6.07) is 5.98. The molecule has 1 rings (SSSR count). The zero-order valence-electron chi connectivity index (χ0n) is 13.8. The van der Waals surface area contributed by atoms with Crippen molar-refractivity contribution in [3.8, 4) is 0 Å². The van der Waals surface area contributed by atoms with Crippen molar-refractivity contribution >= 4 is 11.5 Å². The van der Waals surface area contributed by atoms with Crippen LogP contribution in [0.3, 0.4) is 0 Å². The highest BCUT2D eigenvalue weighted by Gasteiger charge is 2.24. The van der Waals surface area contributed by atoms with Crippen molar-refractivity contribution in [3.05, 3.63) is 41.5 Å². The van der Waals surface area contributed by atoms with Gasteiger partial charge in [0.05, 0.1) is 0 Å². The lowest BCUT2D eigenvalue weighted by Gasteiger charge is -2.27. The van der Waals surface area contributed by atoms with Crippen LogP contribution in [0.2, 0.25) is 0 Å². The molecule has 2 N–H and O–H groups in total. The monoisotopic (exact) mass is 290 g/mol. The van der Waals surface area contributed by atoms with Crippen LogP contribution in [0.5, 0.6) is 0 Å². The van der Waals surface area contributed by atoms with E-state index < -0.39 is 12.1 Å². The predicted molar refractivity (Wildman–Crippen MR) is 86.5 cm³/mol. The lowest BCUT2D eigenvalue weighted by atomic mass is 9.78. The Kier molecular flexibility index (Phi) is 4.69. The van der Waals surface area contributed by atoms with Gasteiger partial charge in [-0.25, -0.2) is 4.79 Å². The van der Waals surface area contributed by atoms with Gasteiger partial charge >= 0.3 is 5.97 Å². The lowest BCUT2D eigenvalue weighted by Crippen LogP contribution is -2.22. The van der Waals surface area contributed by atoms with Crippen molar-refractivity contribution in [1.29, 1.82) is 0 Å². The molecule has 1 aromatic rings. The number of aliphatic hydroxyl groups excluding tert-OH is 1. The molecule has 0 saturated heterocycles. The number of carbonyl (C=O) groups is 1. The zero-order chi connectivity index (χ0) is 16.6. The maximum Gasteiger partial charge on any atom is 0.337 e. The summed E-state index contributed by atoms with van der Waals surface area (Å²) in [5.41, 5.74) is 2.98. The van der Waals surface area contributed by atoms with Gasteiger partial charge < -0.3 is 10.2 Å². The summed E-state index contributed by atoms with van der Waals surface area (Å²) in [5, 5.41) is 18.7. The summed E-state index contributed by atoms with van der Waals surface area (Å²) in [5.74, 6) is -1.28. The molecule has 0 amide bonds. The normalized spacial score (nSPS) is 13.9. The van der Waals surface area contributed by atoms with Gasteiger partial charge in [-0.1, -0.05) is 66.3 Å². The van der Waals surface area contributed by atoms with Crippen molar-refractivity contribution in [1.82, 2.24) is 0 Å². The van der Waals surface area contributed by atoms with Crippen LogP contribution in [0, 0.1) is 0 Å². The third-order valence-electron chi connectivity index (χ3n) is 3.60. The average Bonchev–Trinajstić information content (AvgIpc) is 2.34. The second-order valence-corrected chi connectivity index (χ2v) is 7.57. The number of aliphatic carboxylic acids is 1. The quantitative estimate of drug-likeness (QED) is 0.891. The molecule has 0 aliphatic carbocycles. The van der Waals surface area contributed by atoms with Gasteiger partial charge in [-0.05, 0) is 33.1 Å². The van der Waals surface area contributed by atoms with Crippen molar-refractivity contribution in [2.24, 2.45) is 0 Å². The molecule has 0 fully saturated rings. The van der Waals surface area contributed by atoms with E-state index in [1.54, 1.807) is 0 Å². The standard InChI is InChI=1S/C18H26O3/c1-11(15(19)16(20)21)12-8-13(17(2,3)4)10-14(9-12)18(5,6)7/h8-10,15,19H,1H2,2-7H3,(H,20,21)/t15-/m1/s1. The molecule has 0 bridgehead atoms. The first-order chi connectivity index (χ1) is 9.34. The van der Waals surface area contributed by atoms with Crippen LogP contribution >= 0.6 is 0 Å². The fourth-order valence-corrected chi connectivity index (χ4v) is 1.99. The molecule has 21 heavy (non-hydrogen) atoms. The van der Waals surface area contributed by atoms with Crippen LogP contribution in [0.1, 0.15) is 58.2 Å². The molecule has 0 aromatic heterocycles. The largest absolute Gasteiger partial charge is 0.479 e. The number of benzene rings is 1. The van der Waals surface area contributed by atoms with Crippen molar-refractivity contribution in [2.45, 2.75) is 58.5 Å². The summed E-state index contributed by atoms with van der Waals surface area (Å²) >= 11 is 0. The van der Waals surface area contributed by atoms with E-state index in [9.17, 15) is 9.90 Å². The van der Waals surface area contributed by atoms with E-state index in [0.29, 0.717) is 5.56 Å². The van der Waals surface area contributed by atoms with E-state index in [0.717, 1.165) is 11.1 Å². The van der Waals surface area contributed by atoms with E-state index in [-0.39, 0.29) is 16.4 Å². The maximum atomic E-state index is 11.0. The Labute approximate surface area is 127 Å². The highest BCUT2D eigenvalue weighted by molar-refractivity contribution is 5.89. The SMILES string of the molecule is C=C(c1cc(C(C)(C)C)cc(C(C)(C)C)c1)[C@@H](O)C(=O)O. The number of rotatable bonds is 3. The number of carboxylic acid groups (broad SMARTS) is 1. The molecule has 0 aliphatic heterocycles. The van der Waals surface area contributed by atoms with Crippen LogP contribution < -0.4 is 0 Å². The first-order valence-electron chi connectivity index (χ1n) is 7.10. The number of hydrogen-bond acceptors (Lipinski definition) is 2. The van der Waals surface area contributed by atoms with Crippen molar-refractivity contribution < 1.29 is 15.0 Å². The summed E-state index contributed by atoms with van der Waals surface area (Å²) in [7, 11) is 0. The molecular formula is C18H26O3. The van der Waals surface area contributed by atoms with E-state index >= 15 is 0 Å². The molecule has 0 spiro atoms. The average molecular weight is 290 g/mol. The summed E-state index contributed by atoms with van der Waals surface area (Å²) in [6.45, 7) is 16.4. The Morgan fingerprint density at radius 2 is 1.38 bits per heavy atom. The minimum absolute atomic E-state index is 0.0650. The van der Waals surface area contributed by atoms with E-state index in [1.807, 2.05) is 12.1 Å². The molecule has 1 atom stereocenters. The van der Waals surface area contributed by atoms with Crippen LogP contribution in [0.15, 0.2) is 24.8 Å². The molecule has 116 valence electrons. The highest BCUT2D eigenvalue weighted by Crippen LogP contribution is 2.32. The molecule has 0 aliphatic rings. The van der Waals surface area contributed by atoms with Gasteiger partial charge in [0.1, 0.15) is 0 Å². The minimum Gasteiger partial charge on any atom is -0.479 e. The summed E-state index contributed by atoms with van der Waals surface area (Å²) < 4.78 is 0. The summed E-state index contributed by atoms with van der Waals surface area (Å²) in [4.78, 5) is 11.0. The molecule has 0 heterocycles. The van der Waals surface area contributed by atoms with Crippen LogP contribution in [-0.4, -0.2) is 22.3 Å². The fraction of sp³-hybridized carbons (Fsp3) is 0.500. The van der Waals surface area contributed by atoms with Crippen LogP contribution in [0.25, 0.3) is 5.57 Å². The molecule has 3 nitrogen and oxygen atoms in total. The number of aliphatic hydroxyl groups is 1. The Morgan fingerprint density at radius 1 is 1.00 bits per heavy atom. The number of carboxylic acids is 1. The third-order valence-corrected chi connectivity index (χ3v) is 3.60. The predicted octanol–water partition coefficient (Wildman–Crippen LogP) is 3.74. The van der Waals surface area contributed by atoms with E-state index in [4.69, 9.17) is 5.11 Å². The first-order valence-corrected chi connectivity index (χ1v) is 7.10. The van der Waals surface area contributed by atoms with Crippen molar-refractivity contribution in [3.63, 3.8) is 0 Å². The van der Waals surface area contributed by atoms with Crippen molar-refractivity contribution in [2.75, 3.05) is 0 Å². The molecular weight excluding hydrogens is 264 g/mol. The van der Waals surface area contributed by atoms with Gasteiger partial charge in [-0.15, -0.1) is 0 Å². The van der Waals surface area contributed by atoms with Gasteiger partial charge in [0, 0.05) is 0 Å². The summed E-state index contributed by atoms with van der Waals surface area (Å²) in [6.07, 6.45) is -1.58. The maximum absolute atomic E-state index is 11.0. The molecule has 1 aromatic carbocycles. The highest BCUT2D eigenvalue weighted by atomic mass is 16.4. The Balaban J connectivity index is 3.46. The fourth-order valence-electron chi connectivity index (χ4n) is 1.99. The molecule has 0 saturated carbocycles. The molecule has 0 radical (unpaired) electrons. The lowest BCUT2D eigenvalue weighted by molar-refractivity contribution is -0.143. The third kappa shape index (κ3) is 4.18. The smallest absolute Gasteiger partial charge is 0.337 e. The topological polar surface area (TPSA) is 57.5 Å². The van der Waals surface area contributed by atoms with Crippen LogP contribution in [0.4, 0.5) is 0 Å². The molecule has 3 heteroatoms. The second-order valence-electron chi connectivity index (χ2n) is 7.57. The zero-order valence-corrected chi connectivity index (χ0v) is 13.8. The Morgan fingerprint density at radius 3 is 1.67 bits per heavy atom. The van der Waals surface area contributed by atoms with Gasteiger partial charge in [-0.2, -0.15) is 0 Å². The van der Waals surface area contributed by atoms with E-state index in [2.05, 4.69) is 54.2 Å². The Bertz CT molecular complexity index is 525. The Hall–Kier alpha value is -1.61. The van der Waals surface area contributed by atoms with Gasteiger partial charge in [-0.3, -0.25) is 0 Å². The second kappa shape index (κ2) is 5.64. The van der Waals surface area contributed by atoms with Gasteiger partial charge in [0.2, 0.25) is 0 Å². The van der Waals surface area contributed by atoms with Gasteiger partial charge in [0.25, 0.3) is 0 Å². The first kappa shape index (κ1) is 17.4. The van der Waals surface area contributed by atoms with Crippen LogP contribution in [-0.2, 0) is 15.6 Å². The molecule has 0 unspecified atom stereocenters. The van der Waals surface area contributed by atoms with Gasteiger partial charge in [0.15, 0.2) is 6.10 Å². The number of hydrogen-bond donors (Lipinski definition) is 2. The van der Waals surface area contributed by atoms with E-state index in [1.165, 1.54) is 0 Å². The minimum atomic E-state index is -1.58.